The van der Waals surface area contributed by atoms with E-state index >= 15 is 0 Å². The second-order valence-corrected chi connectivity index (χ2v) is 11.9. The van der Waals surface area contributed by atoms with Crippen molar-refractivity contribution in [2.45, 2.75) is 88.6 Å². The summed E-state index contributed by atoms with van der Waals surface area (Å²) < 4.78 is 0. The molecular formula is C32H44N4O3. The molecule has 39 heavy (non-hydrogen) atoms. The minimum atomic E-state index is -1.06. The molecule has 7 heteroatoms. The molecule has 1 spiro atoms. The number of piperidine rings is 1. The normalized spacial score (nSPS) is 18.9. The van der Waals surface area contributed by atoms with E-state index in [4.69, 9.17) is 5.73 Å². The number of hydrogen-bond donors (Lipinski definition) is 3. The molecule has 2 atom stereocenters. The Labute approximate surface area is 232 Å². The van der Waals surface area contributed by atoms with Gasteiger partial charge in [0.1, 0.15) is 6.04 Å². The second kappa shape index (κ2) is 12.3. The number of fused-ring (bicyclic) bond motifs is 2. The van der Waals surface area contributed by atoms with Crippen LogP contribution in [0.15, 0.2) is 54.6 Å². The number of likely N-dealkylation sites (tertiary alicyclic amines) is 1. The van der Waals surface area contributed by atoms with Gasteiger partial charge in [-0.05, 0) is 87.3 Å². The fourth-order valence-corrected chi connectivity index (χ4v) is 6.31. The van der Waals surface area contributed by atoms with Gasteiger partial charge in [-0.15, -0.1) is 0 Å². The van der Waals surface area contributed by atoms with Crippen LogP contribution < -0.4 is 16.4 Å². The molecule has 0 radical (unpaired) electrons. The number of benzene rings is 2. The first-order valence-corrected chi connectivity index (χ1v) is 14.4. The fraction of sp³-hybridized carbons (Fsp3) is 0.531. The van der Waals surface area contributed by atoms with Crippen molar-refractivity contribution < 1.29 is 14.4 Å². The maximum Gasteiger partial charge on any atom is 0.245 e. The molecule has 1 fully saturated rings. The number of aryl methyl sites for hydroxylation is 1. The Balaban J connectivity index is 1.43. The van der Waals surface area contributed by atoms with Crippen molar-refractivity contribution in [2.75, 3.05) is 19.6 Å². The summed E-state index contributed by atoms with van der Waals surface area (Å²) in [5, 5.41) is 5.90. The maximum atomic E-state index is 13.8. The van der Waals surface area contributed by atoms with Gasteiger partial charge in [0.25, 0.3) is 0 Å². The van der Waals surface area contributed by atoms with Crippen LogP contribution in [0.2, 0.25) is 0 Å². The van der Waals surface area contributed by atoms with Crippen molar-refractivity contribution in [2.24, 2.45) is 5.73 Å². The summed E-state index contributed by atoms with van der Waals surface area (Å²) in [6.45, 7) is 7.18. The number of hydrogen-bond acceptors (Lipinski definition) is 4. The molecule has 0 saturated carbocycles. The molecule has 2 aromatic carbocycles. The quantitative estimate of drug-likeness (QED) is 0.433. The van der Waals surface area contributed by atoms with Crippen LogP contribution in [-0.4, -0.2) is 53.8 Å². The van der Waals surface area contributed by atoms with Crippen molar-refractivity contribution in [3.63, 3.8) is 0 Å². The van der Waals surface area contributed by atoms with Crippen LogP contribution >= 0.6 is 0 Å². The first kappa shape index (κ1) is 28.8. The van der Waals surface area contributed by atoms with Gasteiger partial charge in [0, 0.05) is 26.1 Å². The smallest absolute Gasteiger partial charge is 0.245 e. The standard InChI is InChI=1S/C32H44N4O3/c1-4-34-28(37)21-24-22-32(26-15-9-8-14-25(24)26)17-19-36(20-18-32)29(38)27(35-30(39)31(2,3)33)16-10-13-23-11-6-5-7-12-23/h5-9,11-12,14-15,24,27H,4,10,13,16-22,33H2,1-3H3,(H,34,37)(H,35,39). The molecule has 0 aromatic heterocycles. The molecule has 2 aromatic rings. The molecular weight excluding hydrogens is 488 g/mol. The molecule has 7 nitrogen and oxygen atoms in total. The second-order valence-electron chi connectivity index (χ2n) is 11.9. The van der Waals surface area contributed by atoms with Crippen LogP contribution in [-0.2, 0) is 26.2 Å². The minimum absolute atomic E-state index is 0.0180. The van der Waals surface area contributed by atoms with Crippen LogP contribution in [0, 0.1) is 0 Å². The van der Waals surface area contributed by atoms with E-state index in [0.717, 1.165) is 32.1 Å². The van der Waals surface area contributed by atoms with Gasteiger partial charge in [-0.3, -0.25) is 14.4 Å². The average Bonchev–Trinajstić information content (AvgIpc) is 3.20. The third-order valence-corrected chi connectivity index (χ3v) is 8.44. The largest absolute Gasteiger partial charge is 0.356 e. The lowest BCUT2D eigenvalue weighted by molar-refractivity contribution is -0.139. The lowest BCUT2D eigenvalue weighted by atomic mass is 9.73. The molecule has 2 unspecified atom stereocenters. The Hall–Kier alpha value is -3.19. The molecule has 1 heterocycles. The molecule has 0 bridgehead atoms. The highest BCUT2D eigenvalue weighted by Crippen LogP contribution is 2.52. The lowest BCUT2D eigenvalue weighted by Gasteiger charge is -2.41. The van der Waals surface area contributed by atoms with Crippen LogP contribution in [0.25, 0.3) is 0 Å². The Morgan fingerprint density at radius 2 is 1.72 bits per heavy atom. The van der Waals surface area contributed by atoms with Gasteiger partial charge in [0.05, 0.1) is 5.54 Å². The Morgan fingerprint density at radius 1 is 1.05 bits per heavy atom. The van der Waals surface area contributed by atoms with E-state index in [1.54, 1.807) is 13.8 Å². The van der Waals surface area contributed by atoms with Gasteiger partial charge in [0.2, 0.25) is 17.7 Å². The first-order chi connectivity index (χ1) is 18.6. The molecule has 1 saturated heterocycles. The Bertz CT molecular complexity index is 1150. The van der Waals surface area contributed by atoms with Crippen molar-refractivity contribution >= 4 is 17.7 Å². The van der Waals surface area contributed by atoms with Gasteiger partial charge < -0.3 is 21.3 Å². The summed E-state index contributed by atoms with van der Waals surface area (Å²) in [6, 6.07) is 18.1. The minimum Gasteiger partial charge on any atom is -0.356 e. The summed E-state index contributed by atoms with van der Waals surface area (Å²) in [5.41, 5.74) is 8.81. The van der Waals surface area contributed by atoms with Gasteiger partial charge >= 0.3 is 0 Å². The molecule has 4 rings (SSSR count). The van der Waals surface area contributed by atoms with Crippen molar-refractivity contribution in [1.29, 1.82) is 0 Å². The molecule has 1 aliphatic heterocycles. The van der Waals surface area contributed by atoms with E-state index < -0.39 is 11.6 Å². The monoisotopic (exact) mass is 532 g/mol. The zero-order valence-corrected chi connectivity index (χ0v) is 23.7. The molecule has 4 N–H and O–H groups in total. The Morgan fingerprint density at radius 3 is 2.38 bits per heavy atom. The molecule has 2 aliphatic rings. The van der Waals surface area contributed by atoms with E-state index in [-0.39, 0.29) is 29.1 Å². The maximum absolute atomic E-state index is 13.8. The van der Waals surface area contributed by atoms with Gasteiger partial charge in [-0.2, -0.15) is 0 Å². The number of nitrogens with zero attached hydrogens (tertiary/aromatic N) is 1. The van der Waals surface area contributed by atoms with E-state index in [9.17, 15) is 14.4 Å². The molecule has 3 amide bonds. The molecule has 1 aliphatic carbocycles. The van der Waals surface area contributed by atoms with Gasteiger partial charge in [0.15, 0.2) is 0 Å². The number of nitrogens with one attached hydrogen (secondary N) is 2. The average molecular weight is 533 g/mol. The highest BCUT2D eigenvalue weighted by Gasteiger charge is 2.46. The lowest BCUT2D eigenvalue weighted by Crippen LogP contribution is -2.57. The van der Waals surface area contributed by atoms with E-state index in [1.165, 1.54) is 16.7 Å². The van der Waals surface area contributed by atoms with Gasteiger partial charge in [-0.1, -0.05) is 54.6 Å². The van der Waals surface area contributed by atoms with Crippen LogP contribution in [0.4, 0.5) is 0 Å². The number of amides is 3. The summed E-state index contributed by atoms with van der Waals surface area (Å²) in [6.07, 6.45) is 5.35. The van der Waals surface area contributed by atoms with E-state index in [1.807, 2.05) is 30.0 Å². The third kappa shape index (κ3) is 6.88. The summed E-state index contributed by atoms with van der Waals surface area (Å²) >= 11 is 0. The number of carbonyl (C=O) groups excluding carboxylic acids is 3. The first-order valence-electron chi connectivity index (χ1n) is 14.4. The summed E-state index contributed by atoms with van der Waals surface area (Å²) in [5.74, 6) is -0.0432. The zero-order chi connectivity index (χ0) is 28.0. The highest BCUT2D eigenvalue weighted by molar-refractivity contribution is 5.91. The van der Waals surface area contributed by atoms with Crippen LogP contribution in [0.3, 0.4) is 0 Å². The van der Waals surface area contributed by atoms with Gasteiger partial charge in [-0.25, -0.2) is 0 Å². The predicted octanol–water partition coefficient (Wildman–Crippen LogP) is 3.81. The van der Waals surface area contributed by atoms with E-state index in [2.05, 4.69) is 47.0 Å². The zero-order valence-electron chi connectivity index (χ0n) is 23.7. The predicted molar refractivity (Wildman–Crippen MR) is 154 cm³/mol. The van der Waals surface area contributed by atoms with E-state index in [0.29, 0.717) is 32.5 Å². The van der Waals surface area contributed by atoms with Crippen molar-refractivity contribution in [1.82, 2.24) is 15.5 Å². The highest BCUT2D eigenvalue weighted by atomic mass is 16.2. The topological polar surface area (TPSA) is 105 Å². The fourth-order valence-electron chi connectivity index (χ4n) is 6.31. The van der Waals surface area contributed by atoms with Crippen LogP contribution in [0.1, 0.15) is 81.9 Å². The molecule has 210 valence electrons. The van der Waals surface area contributed by atoms with Crippen molar-refractivity contribution in [3.05, 3.63) is 71.3 Å². The summed E-state index contributed by atoms with van der Waals surface area (Å²) in [4.78, 5) is 40.9. The Kier molecular flexibility index (Phi) is 9.11. The van der Waals surface area contributed by atoms with Crippen LogP contribution in [0.5, 0.6) is 0 Å². The SMILES string of the molecule is CCNC(=O)CC1CC2(CCN(C(=O)C(CCCc3ccccc3)NC(=O)C(C)(C)N)CC2)c2ccccc21. The summed E-state index contributed by atoms with van der Waals surface area (Å²) in [7, 11) is 0. The number of nitrogens with two attached hydrogens (primary N) is 1. The third-order valence-electron chi connectivity index (χ3n) is 8.44. The number of rotatable bonds is 10. The van der Waals surface area contributed by atoms with Crippen molar-refractivity contribution in [3.8, 4) is 0 Å². The number of carbonyl (C=O) groups is 3.